The van der Waals surface area contributed by atoms with Gasteiger partial charge in [0.15, 0.2) is 0 Å². The normalized spacial score (nSPS) is 17.0. The van der Waals surface area contributed by atoms with Crippen LogP contribution in [-0.2, 0) is 9.53 Å². The standard InChI is InChI=1S/C30H29N5O6S.2H2S/c1-17-14-19(41-18-6-4-3-5-7-18)8-9-21(17)35-22-10-12-31-29-25(22)26(33-30(35)39)27(42-29)28(38)32-20-15-34(16-23(20)36)24(37)11-13-40-2;;/h3-10,12,14,20,23,36H,11,13,15-16H2,1-2H3,(H,32,38)(H,33,39);2*1H2/t20-,23-;;/m0../s1. The molecule has 1 saturated heterocycles. The zero-order valence-corrected chi connectivity index (χ0v) is 26.8. The lowest BCUT2D eigenvalue weighted by molar-refractivity contribution is -0.131. The fraction of sp³-hybridized carbons (Fsp3) is 0.267. The van der Waals surface area contributed by atoms with E-state index >= 15 is 0 Å². The van der Waals surface area contributed by atoms with Gasteiger partial charge in [0.2, 0.25) is 5.91 Å². The molecule has 11 nitrogen and oxygen atoms in total. The van der Waals surface area contributed by atoms with Crippen molar-refractivity contribution in [3.05, 3.63) is 71.2 Å². The number of benzene rings is 2. The third-order valence-electron chi connectivity index (χ3n) is 7.32. The van der Waals surface area contributed by atoms with Crippen molar-refractivity contribution in [1.82, 2.24) is 15.2 Å². The summed E-state index contributed by atoms with van der Waals surface area (Å²) in [6.45, 7) is 2.49. The molecule has 0 spiro atoms. The van der Waals surface area contributed by atoms with E-state index in [1.54, 1.807) is 23.2 Å². The summed E-state index contributed by atoms with van der Waals surface area (Å²) in [4.78, 5) is 47.8. The number of urea groups is 1. The number of pyridine rings is 1. The molecule has 4 heterocycles. The number of carbonyl (C=O) groups excluding carboxylic acids is 3. The number of aryl methyl sites for hydroxylation is 1. The fourth-order valence-corrected chi connectivity index (χ4v) is 6.29. The van der Waals surface area contributed by atoms with Crippen LogP contribution in [0.5, 0.6) is 11.5 Å². The van der Waals surface area contributed by atoms with Gasteiger partial charge < -0.3 is 30.1 Å². The van der Waals surface area contributed by atoms with Gasteiger partial charge in [-0.15, -0.1) is 11.3 Å². The molecule has 14 heteroatoms. The van der Waals surface area contributed by atoms with E-state index in [-0.39, 0.29) is 63.9 Å². The van der Waals surface area contributed by atoms with Crippen LogP contribution in [0.2, 0.25) is 0 Å². The first-order chi connectivity index (χ1) is 20.3. The Morgan fingerprint density at radius 1 is 1.09 bits per heavy atom. The minimum atomic E-state index is -0.915. The smallest absolute Gasteiger partial charge is 0.331 e. The molecule has 4 aromatic rings. The number of aliphatic hydroxyl groups is 1. The molecule has 0 aliphatic carbocycles. The fourth-order valence-electron chi connectivity index (χ4n) is 5.26. The lowest BCUT2D eigenvalue weighted by atomic mass is 10.1. The van der Waals surface area contributed by atoms with Crippen molar-refractivity contribution in [2.45, 2.75) is 25.5 Å². The average Bonchev–Trinajstić information content (AvgIpc) is 3.54. The predicted molar refractivity (Wildman–Crippen MR) is 180 cm³/mol. The summed E-state index contributed by atoms with van der Waals surface area (Å²) in [6, 6.07) is 15.6. The summed E-state index contributed by atoms with van der Waals surface area (Å²) in [7, 11) is 1.52. The summed E-state index contributed by atoms with van der Waals surface area (Å²) >= 11 is 1.16. The molecule has 0 bridgehead atoms. The van der Waals surface area contributed by atoms with Gasteiger partial charge in [-0.25, -0.2) is 9.78 Å². The molecule has 2 aromatic carbocycles. The number of thiophene rings is 1. The molecular formula is C30H33N5O6S3. The second-order valence-corrected chi connectivity index (χ2v) is 11.1. The van der Waals surface area contributed by atoms with Gasteiger partial charge in [-0.2, -0.15) is 27.0 Å². The van der Waals surface area contributed by atoms with Crippen LogP contribution < -0.4 is 20.3 Å². The largest absolute Gasteiger partial charge is 0.457 e. The van der Waals surface area contributed by atoms with Crippen molar-refractivity contribution in [3.8, 4) is 11.5 Å². The number of hydrogen-bond donors (Lipinski definition) is 3. The highest BCUT2D eigenvalue weighted by molar-refractivity contribution is 7.59. The highest BCUT2D eigenvalue weighted by atomic mass is 32.1. The number of carbonyl (C=O) groups is 3. The third-order valence-corrected chi connectivity index (χ3v) is 8.41. The van der Waals surface area contributed by atoms with Crippen LogP contribution in [0.1, 0.15) is 21.7 Å². The molecule has 0 radical (unpaired) electrons. The van der Waals surface area contributed by atoms with E-state index in [0.29, 0.717) is 38.8 Å². The molecule has 2 aliphatic heterocycles. The summed E-state index contributed by atoms with van der Waals surface area (Å²) in [5.41, 5.74) is 2.46. The van der Waals surface area contributed by atoms with Crippen LogP contribution in [0.3, 0.4) is 0 Å². The monoisotopic (exact) mass is 655 g/mol. The van der Waals surface area contributed by atoms with E-state index in [4.69, 9.17) is 9.47 Å². The van der Waals surface area contributed by atoms with Crippen molar-refractivity contribution < 1.29 is 29.0 Å². The number of rotatable bonds is 8. The van der Waals surface area contributed by atoms with Crippen molar-refractivity contribution >= 4 is 83.5 Å². The number of aromatic nitrogens is 1. The van der Waals surface area contributed by atoms with Gasteiger partial charge in [-0.3, -0.25) is 14.5 Å². The van der Waals surface area contributed by atoms with Crippen LogP contribution in [-0.4, -0.2) is 71.8 Å². The summed E-state index contributed by atoms with van der Waals surface area (Å²) in [6.07, 6.45) is 0.892. The number of amides is 4. The first-order valence-corrected chi connectivity index (χ1v) is 14.3. The maximum absolute atomic E-state index is 13.5. The van der Waals surface area contributed by atoms with Crippen LogP contribution in [0.4, 0.5) is 21.9 Å². The van der Waals surface area contributed by atoms with Gasteiger partial charge in [-0.05, 0) is 48.9 Å². The number of β-amino-alcohol motifs (C(OH)–C–C–N with tert-alkyl or cyclic N) is 1. The van der Waals surface area contributed by atoms with Crippen molar-refractivity contribution in [2.24, 2.45) is 0 Å². The number of hydrogen-bond acceptors (Lipinski definition) is 8. The topological polar surface area (TPSA) is 133 Å². The molecule has 1 fully saturated rings. The number of ether oxygens (including phenoxy) is 2. The molecule has 232 valence electrons. The average molecular weight is 656 g/mol. The van der Waals surface area contributed by atoms with E-state index in [0.717, 1.165) is 16.9 Å². The van der Waals surface area contributed by atoms with Crippen LogP contribution >= 0.6 is 38.3 Å². The molecule has 2 aromatic heterocycles. The first-order valence-electron chi connectivity index (χ1n) is 13.5. The van der Waals surface area contributed by atoms with Crippen molar-refractivity contribution in [3.63, 3.8) is 0 Å². The number of likely N-dealkylation sites (tertiary alicyclic amines) is 1. The van der Waals surface area contributed by atoms with E-state index in [2.05, 4.69) is 15.6 Å². The predicted octanol–water partition coefficient (Wildman–Crippen LogP) is 4.64. The Kier molecular flexibility index (Phi) is 10.4. The van der Waals surface area contributed by atoms with Gasteiger partial charge in [0, 0.05) is 26.4 Å². The SMILES string of the molecule is COCCC(=O)N1C[C@H](NC(=O)c2sc3nccc4c3c2NC(=O)N4c2ccc(Oc3ccccc3)cc2C)[C@@H](O)C1.S.S. The number of anilines is 3. The molecule has 44 heavy (non-hydrogen) atoms. The lowest BCUT2D eigenvalue weighted by Gasteiger charge is -2.29. The Labute approximate surface area is 272 Å². The number of aliphatic hydroxyl groups excluding tert-OH is 1. The van der Waals surface area contributed by atoms with Gasteiger partial charge in [0.1, 0.15) is 21.2 Å². The Hall–Kier alpha value is -3.82. The van der Waals surface area contributed by atoms with E-state index in [1.165, 1.54) is 12.0 Å². The highest BCUT2D eigenvalue weighted by Gasteiger charge is 2.37. The summed E-state index contributed by atoms with van der Waals surface area (Å²) in [5, 5.41) is 16.9. The number of nitrogens with one attached hydrogen (secondary N) is 2. The lowest BCUT2D eigenvalue weighted by Crippen LogP contribution is -2.43. The molecule has 3 N–H and O–H groups in total. The van der Waals surface area contributed by atoms with E-state index in [9.17, 15) is 19.5 Å². The zero-order valence-electron chi connectivity index (χ0n) is 24.0. The Balaban J connectivity index is 0.00000221. The second kappa shape index (κ2) is 13.9. The maximum atomic E-state index is 13.5. The molecule has 2 aliphatic rings. The van der Waals surface area contributed by atoms with Crippen LogP contribution in [0.15, 0.2) is 60.8 Å². The van der Waals surface area contributed by atoms with E-state index in [1.807, 2.05) is 49.4 Å². The van der Waals surface area contributed by atoms with Crippen molar-refractivity contribution in [2.75, 3.05) is 37.0 Å². The Bertz CT molecular complexity index is 1680. The molecule has 0 saturated carbocycles. The molecular weight excluding hydrogens is 623 g/mol. The van der Waals surface area contributed by atoms with Gasteiger partial charge >= 0.3 is 6.03 Å². The number of nitrogens with zero attached hydrogens (tertiary/aromatic N) is 3. The maximum Gasteiger partial charge on any atom is 0.331 e. The van der Waals surface area contributed by atoms with Crippen LogP contribution in [0.25, 0.3) is 10.2 Å². The zero-order chi connectivity index (χ0) is 29.4. The number of methoxy groups -OCH3 is 1. The third kappa shape index (κ3) is 6.35. The van der Waals surface area contributed by atoms with Crippen LogP contribution in [0, 0.1) is 6.92 Å². The quantitative estimate of drug-likeness (QED) is 0.252. The number of para-hydroxylation sites is 1. The Morgan fingerprint density at radius 2 is 1.86 bits per heavy atom. The summed E-state index contributed by atoms with van der Waals surface area (Å²) < 4.78 is 10.9. The van der Waals surface area contributed by atoms with Crippen molar-refractivity contribution in [1.29, 1.82) is 0 Å². The minimum Gasteiger partial charge on any atom is -0.457 e. The Morgan fingerprint density at radius 3 is 2.59 bits per heavy atom. The molecule has 4 amide bonds. The summed E-state index contributed by atoms with van der Waals surface area (Å²) in [5.74, 6) is 0.741. The molecule has 6 rings (SSSR count). The molecule has 2 atom stereocenters. The van der Waals surface area contributed by atoms with E-state index < -0.39 is 24.1 Å². The minimum absolute atomic E-state index is 0. The van der Waals surface area contributed by atoms with Gasteiger partial charge in [-0.1, -0.05) is 18.2 Å². The molecule has 0 unspecified atom stereocenters. The second-order valence-electron chi connectivity index (χ2n) is 10.1. The highest BCUT2D eigenvalue weighted by Crippen LogP contribution is 2.46. The van der Waals surface area contributed by atoms with Gasteiger partial charge in [0.05, 0.1) is 47.6 Å². The van der Waals surface area contributed by atoms with Gasteiger partial charge in [0.25, 0.3) is 5.91 Å². The first kappa shape index (κ1) is 33.1.